The zero-order chi connectivity index (χ0) is 16.2. The number of anilines is 1. The molecule has 1 N–H and O–H groups in total. The van der Waals surface area contributed by atoms with E-state index in [9.17, 15) is 4.79 Å². The molecule has 0 aromatic heterocycles. The fraction of sp³-hybridized carbons (Fsp3) is 0.611. The average Bonchev–Trinajstić information content (AvgIpc) is 3.32. The second kappa shape index (κ2) is 7.14. The summed E-state index contributed by atoms with van der Waals surface area (Å²) in [6.07, 6.45) is 3.05. The lowest BCUT2D eigenvalue weighted by Gasteiger charge is -2.28. The fourth-order valence-electron chi connectivity index (χ4n) is 2.62. The number of amides is 1. The third kappa shape index (κ3) is 3.80. The summed E-state index contributed by atoms with van der Waals surface area (Å²) < 4.78 is 11.4. The molecule has 122 valence electrons. The zero-order valence-electron chi connectivity index (χ0n) is 14.1. The van der Waals surface area contributed by atoms with Gasteiger partial charge in [-0.2, -0.15) is 0 Å². The molecule has 0 spiro atoms. The Labute approximate surface area is 133 Å². The topological polar surface area (TPSA) is 47.6 Å². The average molecular weight is 305 g/mol. The summed E-state index contributed by atoms with van der Waals surface area (Å²) in [6, 6.07) is 5.72. The van der Waals surface area contributed by atoms with Crippen LogP contribution in [0.2, 0.25) is 0 Å². The SMILES string of the molecule is CCCOC(C)(C(=O)Nc1ccc(OCC)c(C)c1)C1CC1. The van der Waals surface area contributed by atoms with Gasteiger partial charge >= 0.3 is 0 Å². The first-order chi connectivity index (χ1) is 10.5. The largest absolute Gasteiger partial charge is 0.494 e. The Morgan fingerprint density at radius 1 is 1.36 bits per heavy atom. The molecule has 1 aromatic carbocycles. The Bertz CT molecular complexity index is 525. The van der Waals surface area contributed by atoms with Crippen molar-refractivity contribution in [2.45, 2.75) is 52.6 Å². The van der Waals surface area contributed by atoms with Crippen LogP contribution in [0.3, 0.4) is 0 Å². The van der Waals surface area contributed by atoms with E-state index in [2.05, 4.69) is 12.2 Å². The highest BCUT2D eigenvalue weighted by atomic mass is 16.5. The van der Waals surface area contributed by atoms with Gasteiger partial charge in [0.15, 0.2) is 0 Å². The van der Waals surface area contributed by atoms with Gasteiger partial charge in [-0.3, -0.25) is 4.79 Å². The third-order valence-corrected chi connectivity index (χ3v) is 4.15. The molecule has 4 heteroatoms. The molecule has 1 fully saturated rings. The maximum Gasteiger partial charge on any atom is 0.256 e. The van der Waals surface area contributed by atoms with Crippen molar-refractivity contribution in [3.8, 4) is 5.75 Å². The summed E-state index contributed by atoms with van der Waals surface area (Å²) >= 11 is 0. The fourth-order valence-corrected chi connectivity index (χ4v) is 2.62. The molecule has 2 rings (SSSR count). The second-order valence-corrected chi connectivity index (χ2v) is 6.10. The van der Waals surface area contributed by atoms with E-state index < -0.39 is 5.60 Å². The first-order valence-corrected chi connectivity index (χ1v) is 8.20. The van der Waals surface area contributed by atoms with E-state index in [-0.39, 0.29) is 5.91 Å². The summed E-state index contributed by atoms with van der Waals surface area (Å²) in [5.41, 5.74) is 1.09. The van der Waals surface area contributed by atoms with E-state index >= 15 is 0 Å². The molecule has 0 bridgehead atoms. The van der Waals surface area contributed by atoms with Crippen molar-refractivity contribution in [3.05, 3.63) is 23.8 Å². The minimum absolute atomic E-state index is 0.0491. The summed E-state index contributed by atoms with van der Waals surface area (Å²) in [4.78, 5) is 12.7. The van der Waals surface area contributed by atoms with Gasteiger partial charge in [0.25, 0.3) is 5.91 Å². The zero-order valence-corrected chi connectivity index (χ0v) is 14.1. The molecule has 1 aliphatic rings. The van der Waals surface area contributed by atoms with Crippen LogP contribution in [0.25, 0.3) is 0 Å². The van der Waals surface area contributed by atoms with E-state index in [1.807, 2.05) is 39.0 Å². The molecule has 0 radical (unpaired) electrons. The number of rotatable bonds is 8. The minimum atomic E-state index is -0.720. The van der Waals surface area contributed by atoms with Gasteiger partial charge in [-0.15, -0.1) is 0 Å². The van der Waals surface area contributed by atoms with Gasteiger partial charge in [-0.1, -0.05) is 6.92 Å². The van der Waals surface area contributed by atoms with Gasteiger partial charge in [-0.05, 0) is 69.7 Å². The number of carbonyl (C=O) groups is 1. The van der Waals surface area contributed by atoms with Crippen LogP contribution in [-0.2, 0) is 9.53 Å². The number of hydrogen-bond donors (Lipinski definition) is 1. The summed E-state index contributed by atoms with van der Waals surface area (Å²) in [5.74, 6) is 1.14. The number of nitrogens with one attached hydrogen (secondary N) is 1. The molecule has 1 aliphatic carbocycles. The Morgan fingerprint density at radius 3 is 2.64 bits per heavy atom. The number of benzene rings is 1. The molecule has 1 saturated carbocycles. The predicted octanol–water partition coefficient (Wildman–Crippen LogP) is 3.93. The first kappa shape index (κ1) is 16.8. The number of carbonyl (C=O) groups excluding carboxylic acids is 1. The molecule has 22 heavy (non-hydrogen) atoms. The monoisotopic (exact) mass is 305 g/mol. The molecule has 1 unspecified atom stereocenters. The minimum Gasteiger partial charge on any atom is -0.494 e. The van der Waals surface area contributed by atoms with Crippen molar-refractivity contribution in [2.75, 3.05) is 18.5 Å². The second-order valence-electron chi connectivity index (χ2n) is 6.10. The molecule has 0 heterocycles. The van der Waals surface area contributed by atoms with Crippen molar-refractivity contribution in [2.24, 2.45) is 5.92 Å². The van der Waals surface area contributed by atoms with Crippen LogP contribution in [0.15, 0.2) is 18.2 Å². The van der Waals surface area contributed by atoms with Crippen molar-refractivity contribution in [1.82, 2.24) is 0 Å². The van der Waals surface area contributed by atoms with Crippen molar-refractivity contribution in [1.29, 1.82) is 0 Å². The van der Waals surface area contributed by atoms with Crippen LogP contribution >= 0.6 is 0 Å². The Kier molecular flexibility index (Phi) is 5.46. The van der Waals surface area contributed by atoms with Crippen molar-refractivity contribution < 1.29 is 14.3 Å². The Morgan fingerprint density at radius 2 is 2.09 bits per heavy atom. The van der Waals surface area contributed by atoms with E-state index in [4.69, 9.17) is 9.47 Å². The van der Waals surface area contributed by atoms with Crippen LogP contribution in [0.5, 0.6) is 5.75 Å². The quantitative estimate of drug-likeness (QED) is 0.791. The van der Waals surface area contributed by atoms with Gasteiger partial charge in [0.2, 0.25) is 0 Å². The first-order valence-electron chi connectivity index (χ1n) is 8.20. The molecule has 0 saturated heterocycles. The molecule has 4 nitrogen and oxygen atoms in total. The molecular formula is C18H27NO3. The maximum absolute atomic E-state index is 12.7. The summed E-state index contributed by atoms with van der Waals surface area (Å²) in [7, 11) is 0. The summed E-state index contributed by atoms with van der Waals surface area (Å²) in [5, 5.41) is 3.00. The lowest BCUT2D eigenvalue weighted by Crippen LogP contribution is -2.45. The summed E-state index contributed by atoms with van der Waals surface area (Å²) in [6.45, 7) is 9.16. The highest BCUT2D eigenvalue weighted by Gasteiger charge is 2.48. The number of aryl methyl sites for hydroxylation is 1. The van der Waals surface area contributed by atoms with Gasteiger partial charge in [-0.25, -0.2) is 0 Å². The van der Waals surface area contributed by atoms with Gasteiger partial charge in [0.05, 0.1) is 6.61 Å². The molecule has 1 amide bonds. The number of ether oxygens (including phenoxy) is 2. The molecule has 1 atom stereocenters. The Hall–Kier alpha value is -1.55. The highest BCUT2D eigenvalue weighted by Crippen LogP contribution is 2.42. The lowest BCUT2D eigenvalue weighted by molar-refractivity contribution is -0.142. The van der Waals surface area contributed by atoms with E-state index in [0.29, 0.717) is 19.1 Å². The van der Waals surface area contributed by atoms with E-state index in [1.165, 1.54) is 0 Å². The highest BCUT2D eigenvalue weighted by molar-refractivity contribution is 5.97. The van der Waals surface area contributed by atoms with Gasteiger partial charge in [0, 0.05) is 12.3 Å². The van der Waals surface area contributed by atoms with E-state index in [1.54, 1.807) is 0 Å². The lowest BCUT2D eigenvalue weighted by atomic mass is 9.98. The number of hydrogen-bond acceptors (Lipinski definition) is 3. The molecular weight excluding hydrogens is 278 g/mol. The smallest absolute Gasteiger partial charge is 0.256 e. The molecule has 0 aliphatic heterocycles. The van der Waals surface area contributed by atoms with Crippen molar-refractivity contribution in [3.63, 3.8) is 0 Å². The van der Waals surface area contributed by atoms with Gasteiger partial charge in [0.1, 0.15) is 11.4 Å². The van der Waals surface area contributed by atoms with Crippen LogP contribution < -0.4 is 10.1 Å². The third-order valence-electron chi connectivity index (χ3n) is 4.15. The Balaban J connectivity index is 2.08. The van der Waals surface area contributed by atoms with Crippen LogP contribution in [-0.4, -0.2) is 24.7 Å². The predicted molar refractivity (Wildman–Crippen MR) is 88.3 cm³/mol. The van der Waals surface area contributed by atoms with Gasteiger partial charge < -0.3 is 14.8 Å². The standard InChI is InChI=1S/C18H27NO3/c1-5-11-22-18(4,14-7-8-14)17(20)19-15-9-10-16(21-6-2)13(3)12-15/h9-10,12,14H,5-8,11H2,1-4H3,(H,19,20). The van der Waals surface area contributed by atoms with Crippen LogP contribution in [0.1, 0.15) is 45.6 Å². The van der Waals surface area contributed by atoms with E-state index in [0.717, 1.165) is 36.3 Å². The van der Waals surface area contributed by atoms with Crippen LogP contribution in [0.4, 0.5) is 5.69 Å². The molecule has 1 aromatic rings. The van der Waals surface area contributed by atoms with Crippen LogP contribution in [0, 0.1) is 12.8 Å². The van der Waals surface area contributed by atoms with Crippen molar-refractivity contribution >= 4 is 11.6 Å². The normalized spacial score (nSPS) is 16.9. The maximum atomic E-state index is 12.7.